The quantitative estimate of drug-likeness (QED) is 0.590. The van der Waals surface area contributed by atoms with Gasteiger partial charge in [0, 0.05) is 23.2 Å². The number of aromatic amines is 2. The molecule has 0 aromatic carbocycles. The Morgan fingerprint density at radius 1 is 1.19 bits per heavy atom. The predicted molar refractivity (Wildman–Crippen MR) is 106 cm³/mol. The zero-order chi connectivity index (χ0) is 16.1. The van der Waals surface area contributed by atoms with Crippen LogP contribution in [0.5, 0.6) is 0 Å². The van der Waals surface area contributed by atoms with Crippen molar-refractivity contribution in [3.63, 3.8) is 0 Å². The summed E-state index contributed by atoms with van der Waals surface area (Å²) >= 11 is 0. The number of fused-ring (bicyclic) bond motifs is 3. The number of halogens is 2. The summed E-state index contributed by atoms with van der Waals surface area (Å²) in [7, 11) is 0. The molecule has 4 aliphatic carbocycles. The van der Waals surface area contributed by atoms with E-state index in [1.165, 1.54) is 19.3 Å². The topological polar surface area (TPSA) is 92.5 Å². The van der Waals surface area contributed by atoms with Crippen LogP contribution in [0.25, 0.3) is 22.1 Å². The van der Waals surface area contributed by atoms with Crippen LogP contribution in [0.3, 0.4) is 0 Å². The first kappa shape index (κ1) is 17.9. The molecule has 3 aromatic heterocycles. The van der Waals surface area contributed by atoms with Gasteiger partial charge in [-0.25, -0.2) is 9.78 Å². The second-order valence-corrected chi connectivity index (χ2v) is 8.38. The SMILES string of the molecule is Cl.Cl.NC12CC3CC(C1)C(n1c(=O)[nH]c4cnc5[nH]ccc5c41)C(C3)C2. The molecule has 4 N–H and O–H groups in total. The highest BCUT2D eigenvalue weighted by molar-refractivity contribution is 6.00. The molecular formula is C18H23Cl2N5O. The van der Waals surface area contributed by atoms with Gasteiger partial charge in [0.25, 0.3) is 0 Å². The van der Waals surface area contributed by atoms with Crippen LogP contribution < -0.4 is 11.4 Å². The molecule has 4 fully saturated rings. The van der Waals surface area contributed by atoms with Crippen molar-refractivity contribution in [3.8, 4) is 0 Å². The Balaban J connectivity index is 0.000000841. The molecule has 4 bridgehead atoms. The summed E-state index contributed by atoms with van der Waals surface area (Å²) in [6.45, 7) is 0. The highest BCUT2D eigenvalue weighted by Gasteiger charge is 2.54. The lowest BCUT2D eigenvalue weighted by molar-refractivity contribution is -0.0438. The standard InChI is InChI=1S/C18H21N5O.2ClH/c19-18-5-9-3-10(6-18)14(11(4-9)7-18)23-15-12-1-2-20-16(12)21-8-13(15)22-17(23)24;;/h1-2,8-11,14H,3-7,19H2,(H,20,21)(H,22,24);2*1H. The molecule has 140 valence electrons. The average Bonchev–Trinajstić information content (AvgIpc) is 3.09. The molecule has 0 radical (unpaired) electrons. The van der Waals surface area contributed by atoms with Gasteiger partial charge in [0.1, 0.15) is 5.65 Å². The maximum Gasteiger partial charge on any atom is 0.326 e. The van der Waals surface area contributed by atoms with E-state index in [-0.39, 0.29) is 42.1 Å². The summed E-state index contributed by atoms with van der Waals surface area (Å²) in [4.78, 5) is 23.4. The van der Waals surface area contributed by atoms with Crippen LogP contribution in [0, 0.1) is 17.8 Å². The molecule has 2 atom stereocenters. The molecule has 26 heavy (non-hydrogen) atoms. The molecule has 0 saturated heterocycles. The van der Waals surface area contributed by atoms with E-state index in [1.54, 1.807) is 6.20 Å². The van der Waals surface area contributed by atoms with E-state index in [4.69, 9.17) is 5.73 Å². The monoisotopic (exact) mass is 395 g/mol. The minimum atomic E-state index is 0. The number of aromatic nitrogens is 4. The largest absolute Gasteiger partial charge is 0.346 e. The molecule has 3 heterocycles. The molecule has 8 heteroatoms. The van der Waals surface area contributed by atoms with Crippen molar-refractivity contribution in [1.82, 2.24) is 19.5 Å². The number of imidazole rings is 1. The number of hydrogen-bond acceptors (Lipinski definition) is 3. The van der Waals surface area contributed by atoms with Crippen LogP contribution >= 0.6 is 24.8 Å². The minimum Gasteiger partial charge on any atom is -0.346 e. The Morgan fingerprint density at radius 2 is 1.92 bits per heavy atom. The number of H-pyrrole nitrogens is 2. The molecule has 6 nitrogen and oxygen atoms in total. The fourth-order valence-corrected chi connectivity index (χ4v) is 6.39. The summed E-state index contributed by atoms with van der Waals surface area (Å²) in [6.07, 6.45) is 9.41. The van der Waals surface area contributed by atoms with Crippen LogP contribution in [-0.2, 0) is 0 Å². The lowest BCUT2D eigenvalue weighted by atomic mass is 9.51. The van der Waals surface area contributed by atoms with Crippen molar-refractivity contribution in [1.29, 1.82) is 0 Å². The second kappa shape index (κ2) is 5.75. The number of pyridine rings is 1. The van der Waals surface area contributed by atoms with Crippen LogP contribution in [-0.4, -0.2) is 25.1 Å². The van der Waals surface area contributed by atoms with Gasteiger partial charge in [-0.1, -0.05) is 0 Å². The van der Waals surface area contributed by atoms with Crippen molar-refractivity contribution in [3.05, 3.63) is 28.9 Å². The van der Waals surface area contributed by atoms with Crippen molar-refractivity contribution in [2.75, 3.05) is 0 Å². The van der Waals surface area contributed by atoms with Crippen molar-refractivity contribution in [2.45, 2.75) is 43.7 Å². The summed E-state index contributed by atoms with van der Waals surface area (Å²) in [5, 5.41) is 1.03. The van der Waals surface area contributed by atoms with E-state index >= 15 is 0 Å². The third kappa shape index (κ3) is 2.22. The van der Waals surface area contributed by atoms with Gasteiger partial charge in [0.2, 0.25) is 0 Å². The van der Waals surface area contributed by atoms with Crippen LogP contribution in [0.2, 0.25) is 0 Å². The third-order valence-corrected chi connectivity index (χ3v) is 6.83. The predicted octanol–water partition coefficient (Wildman–Crippen LogP) is 3.13. The van der Waals surface area contributed by atoms with Crippen LogP contribution in [0.4, 0.5) is 0 Å². The first-order valence-corrected chi connectivity index (χ1v) is 8.96. The number of nitrogens with zero attached hydrogens (tertiary/aromatic N) is 2. The van der Waals surface area contributed by atoms with E-state index < -0.39 is 0 Å². The second-order valence-electron chi connectivity index (χ2n) is 8.38. The number of nitrogens with one attached hydrogen (secondary N) is 2. The zero-order valence-corrected chi connectivity index (χ0v) is 15.9. The van der Waals surface area contributed by atoms with Gasteiger partial charge < -0.3 is 15.7 Å². The lowest BCUT2D eigenvalue weighted by Crippen LogP contribution is -2.60. The van der Waals surface area contributed by atoms with Crippen LogP contribution in [0.15, 0.2) is 23.3 Å². The lowest BCUT2D eigenvalue weighted by Gasteiger charge is -2.58. The zero-order valence-electron chi connectivity index (χ0n) is 14.3. The fourth-order valence-electron chi connectivity index (χ4n) is 6.39. The molecule has 4 aliphatic rings. The first-order chi connectivity index (χ1) is 11.6. The van der Waals surface area contributed by atoms with E-state index in [1.807, 2.05) is 16.8 Å². The molecule has 3 aromatic rings. The summed E-state index contributed by atoms with van der Waals surface area (Å²) in [6, 6.07) is 2.30. The number of rotatable bonds is 1. The fraction of sp³-hybridized carbons (Fsp3) is 0.556. The van der Waals surface area contributed by atoms with Crippen molar-refractivity contribution in [2.24, 2.45) is 23.5 Å². The maximum atomic E-state index is 12.8. The smallest absolute Gasteiger partial charge is 0.326 e. The van der Waals surface area contributed by atoms with E-state index in [9.17, 15) is 4.79 Å². The molecular weight excluding hydrogens is 373 g/mol. The van der Waals surface area contributed by atoms with Gasteiger partial charge in [0.05, 0.1) is 17.2 Å². The molecule has 2 unspecified atom stereocenters. The third-order valence-electron chi connectivity index (χ3n) is 6.83. The maximum absolute atomic E-state index is 12.8. The molecule has 0 amide bonds. The van der Waals surface area contributed by atoms with Crippen LogP contribution in [0.1, 0.15) is 38.1 Å². The Labute approximate surface area is 162 Å². The number of hydrogen-bond donors (Lipinski definition) is 3. The first-order valence-electron chi connectivity index (χ1n) is 8.96. The van der Waals surface area contributed by atoms with E-state index in [2.05, 4.69) is 15.0 Å². The van der Waals surface area contributed by atoms with E-state index in [0.717, 1.165) is 40.8 Å². The summed E-state index contributed by atoms with van der Waals surface area (Å²) in [5.74, 6) is 1.82. The van der Waals surface area contributed by atoms with Gasteiger partial charge in [0.15, 0.2) is 0 Å². The van der Waals surface area contributed by atoms with Gasteiger partial charge in [-0.2, -0.15) is 0 Å². The van der Waals surface area contributed by atoms with Gasteiger partial charge in [-0.05, 0) is 55.9 Å². The molecule has 4 saturated carbocycles. The van der Waals surface area contributed by atoms with Gasteiger partial charge >= 0.3 is 5.69 Å². The van der Waals surface area contributed by atoms with Gasteiger partial charge in [-0.3, -0.25) is 4.57 Å². The van der Waals surface area contributed by atoms with Crippen molar-refractivity contribution < 1.29 is 0 Å². The minimum absolute atomic E-state index is 0. The highest BCUT2D eigenvalue weighted by Crippen LogP contribution is 2.59. The van der Waals surface area contributed by atoms with Gasteiger partial charge in [-0.15, -0.1) is 24.8 Å². The molecule has 0 spiro atoms. The van der Waals surface area contributed by atoms with Crippen molar-refractivity contribution >= 4 is 46.9 Å². The normalized spacial score (nSPS) is 34.8. The molecule has 7 rings (SSSR count). The van der Waals surface area contributed by atoms with E-state index in [0.29, 0.717) is 11.8 Å². The summed E-state index contributed by atoms with van der Waals surface area (Å²) < 4.78 is 2.05. The Bertz CT molecular complexity index is 1020. The highest BCUT2D eigenvalue weighted by atomic mass is 35.5. The number of nitrogens with two attached hydrogens (primary N) is 1. The Morgan fingerprint density at radius 3 is 2.62 bits per heavy atom. The Kier molecular flexibility index (Phi) is 3.95. The molecule has 0 aliphatic heterocycles. The summed E-state index contributed by atoms with van der Waals surface area (Å²) in [5.41, 5.74) is 9.36. The average molecular weight is 396 g/mol. The Hall–Kier alpha value is -1.50.